The molecule has 4 heteroatoms. The topological polar surface area (TPSA) is 35.5 Å². The van der Waals surface area contributed by atoms with Crippen LogP contribution in [0.25, 0.3) is 0 Å². The summed E-state index contributed by atoms with van der Waals surface area (Å²) < 4.78 is 1.08. The predicted octanol–water partition coefficient (Wildman–Crippen LogP) is 2.06. The Hall–Kier alpha value is -0.740. The van der Waals surface area contributed by atoms with E-state index in [-0.39, 0.29) is 6.10 Å². The molecule has 0 saturated carbocycles. The van der Waals surface area contributed by atoms with Gasteiger partial charge < -0.3 is 15.3 Å². The maximum atomic E-state index is 9.43. The number of hydrogen-bond acceptors (Lipinski definition) is 3. The van der Waals surface area contributed by atoms with Crippen LogP contribution < -0.4 is 10.2 Å². The minimum atomic E-state index is -0.296. The van der Waals surface area contributed by atoms with Crippen LogP contribution in [0.2, 0.25) is 0 Å². The number of nitrogens with one attached hydrogen (secondary N) is 1. The Bertz CT molecular complexity index is 354. The molecule has 1 unspecified atom stereocenters. The molecule has 1 atom stereocenters. The predicted molar refractivity (Wildman–Crippen MR) is 66.5 cm³/mol. The van der Waals surface area contributed by atoms with Crippen LogP contribution in [0.15, 0.2) is 22.7 Å². The number of anilines is 2. The van der Waals surface area contributed by atoms with Gasteiger partial charge in [-0.25, -0.2) is 0 Å². The molecule has 0 radical (unpaired) electrons. The third kappa shape index (κ3) is 2.26. The Kier molecular flexibility index (Phi) is 3.17. The zero-order valence-corrected chi connectivity index (χ0v) is 10.3. The molecule has 1 aliphatic rings. The fourth-order valence-corrected chi connectivity index (χ4v) is 2.39. The molecule has 0 bridgehead atoms. The summed E-state index contributed by atoms with van der Waals surface area (Å²) in [5, 5.41) is 12.8. The molecule has 0 saturated heterocycles. The van der Waals surface area contributed by atoms with Gasteiger partial charge in [0, 0.05) is 24.1 Å². The van der Waals surface area contributed by atoms with Gasteiger partial charge >= 0.3 is 0 Å². The Balaban J connectivity index is 2.30. The zero-order chi connectivity index (χ0) is 10.8. The van der Waals surface area contributed by atoms with Crippen molar-refractivity contribution in [2.45, 2.75) is 13.0 Å². The third-order valence-electron chi connectivity index (χ3n) is 2.50. The molecule has 0 amide bonds. The number of nitrogens with zero attached hydrogens (tertiary/aromatic N) is 1. The highest BCUT2D eigenvalue weighted by Crippen LogP contribution is 2.35. The Morgan fingerprint density at radius 2 is 2.40 bits per heavy atom. The van der Waals surface area contributed by atoms with Crippen molar-refractivity contribution in [3.63, 3.8) is 0 Å². The molecule has 0 aromatic heterocycles. The molecule has 1 aromatic carbocycles. The summed E-state index contributed by atoms with van der Waals surface area (Å²) >= 11 is 3.52. The van der Waals surface area contributed by atoms with E-state index >= 15 is 0 Å². The number of halogens is 1. The molecule has 0 aliphatic carbocycles. The van der Waals surface area contributed by atoms with Gasteiger partial charge in [0.1, 0.15) is 0 Å². The zero-order valence-electron chi connectivity index (χ0n) is 8.70. The van der Waals surface area contributed by atoms with Gasteiger partial charge in [-0.1, -0.05) is 6.07 Å². The van der Waals surface area contributed by atoms with Crippen molar-refractivity contribution >= 4 is 27.3 Å². The number of fused-ring (bicyclic) bond motifs is 1. The van der Waals surface area contributed by atoms with E-state index in [4.69, 9.17) is 0 Å². The second kappa shape index (κ2) is 4.41. The lowest BCUT2D eigenvalue weighted by atomic mass is 10.2. The van der Waals surface area contributed by atoms with Crippen molar-refractivity contribution in [1.29, 1.82) is 0 Å². The highest BCUT2D eigenvalue weighted by atomic mass is 79.9. The summed E-state index contributed by atoms with van der Waals surface area (Å²) in [7, 11) is 0. The first-order chi connectivity index (χ1) is 7.18. The standard InChI is InChI=1S/C11H15BrN2O/c1-8(15)7-14-6-5-13-11-9(12)3-2-4-10(11)14/h2-4,8,13,15H,5-7H2,1H3. The average molecular weight is 271 g/mol. The van der Waals surface area contributed by atoms with Crippen LogP contribution in [0.3, 0.4) is 0 Å². The Morgan fingerprint density at radius 1 is 1.60 bits per heavy atom. The number of para-hydroxylation sites is 1. The Morgan fingerprint density at radius 3 is 3.13 bits per heavy atom. The van der Waals surface area contributed by atoms with E-state index in [0.717, 1.165) is 28.9 Å². The van der Waals surface area contributed by atoms with Crippen molar-refractivity contribution in [2.75, 3.05) is 29.9 Å². The highest BCUT2D eigenvalue weighted by Gasteiger charge is 2.18. The number of benzene rings is 1. The first-order valence-electron chi connectivity index (χ1n) is 5.14. The molecular formula is C11H15BrN2O. The molecule has 15 heavy (non-hydrogen) atoms. The minimum Gasteiger partial charge on any atom is -0.392 e. The lowest BCUT2D eigenvalue weighted by Crippen LogP contribution is -2.38. The van der Waals surface area contributed by atoms with Crippen molar-refractivity contribution in [3.8, 4) is 0 Å². The van der Waals surface area contributed by atoms with E-state index in [1.165, 1.54) is 0 Å². The third-order valence-corrected chi connectivity index (χ3v) is 3.16. The second-order valence-corrected chi connectivity index (χ2v) is 4.71. The normalized spacial score (nSPS) is 16.9. The molecule has 3 nitrogen and oxygen atoms in total. The fourth-order valence-electron chi connectivity index (χ4n) is 1.90. The van der Waals surface area contributed by atoms with E-state index in [1.54, 1.807) is 0 Å². The van der Waals surface area contributed by atoms with Gasteiger partial charge in [0.25, 0.3) is 0 Å². The van der Waals surface area contributed by atoms with Gasteiger partial charge in [0.2, 0.25) is 0 Å². The van der Waals surface area contributed by atoms with Crippen LogP contribution in [-0.4, -0.2) is 30.8 Å². The van der Waals surface area contributed by atoms with Crippen LogP contribution in [0.4, 0.5) is 11.4 Å². The molecule has 1 aliphatic heterocycles. The lowest BCUT2D eigenvalue weighted by Gasteiger charge is -2.33. The van der Waals surface area contributed by atoms with Gasteiger partial charge in [-0.15, -0.1) is 0 Å². The van der Waals surface area contributed by atoms with E-state index in [2.05, 4.69) is 32.2 Å². The van der Waals surface area contributed by atoms with Crippen molar-refractivity contribution in [1.82, 2.24) is 0 Å². The lowest BCUT2D eigenvalue weighted by molar-refractivity contribution is 0.200. The number of hydrogen-bond donors (Lipinski definition) is 2. The highest BCUT2D eigenvalue weighted by molar-refractivity contribution is 9.10. The minimum absolute atomic E-state index is 0.296. The van der Waals surface area contributed by atoms with E-state index < -0.39 is 0 Å². The first kappa shape index (κ1) is 10.8. The van der Waals surface area contributed by atoms with Crippen molar-refractivity contribution in [3.05, 3.63) is 22.7 Å². The quantitative estimate of drug-likeness (QED) is 0.864. The van der Waals surface area contributed by atoms with Crippen molar-refractivity contribution in [2.24, 2.45) is 0 Å². The SMILES string of the molecule is CC(O)CN1CCNc2c(Br)cccc21. The van der Waals surface area contributed by atoms with Crippen LogP contribution in [0.5, 0.6) is 0 Å². The molecule has 82 valence electrons. The summed E-state index contributed by atoms with van der Waals surface area (Å²) in [6.07, 6.45) is -0.296. The molecule has 1 aromatic rings. The fraction of sp³-hybridized carbons (Fsp3) is 0.455. The molecule has 0 spiro atoms. The maximum absolute atomic E-state index is 9.43. The molecule has 0 fully saturated rings. The van der Waals surface area contributed by atoms with Crippen molar-refractivity contribution < 1.29 is 5.11 Å². The molecule has 2 rings (SSSR count). The molecule has 2 N–H and O–H groups in total. The Labute approximate surface area is 98.2 Å². The largest absolute Gasteiger partial charge is 0.392 e. The summed E-state index contributed by atoms with van der Waals surface area (Å²) in [6.45, 7) is 4.36. The number of aliphatic hydroxyl groups excluding tert-OH is 1. The average Bonchev–Trinajstić information content (AvgIpc) is 2.19. The second-order valence-electron chi connectivity index (χ2n) is 3.86. The van der Waals surface area contributed by atoms with Gasteiger partial charge in [-0.3, -0.25) is 0 Å². The van der Waals surface area contributed by atoms with Crippen LogP contribution in [0.1, 0.15) is 6.92 Å². The van der Waals surface area contributed by atoms with E-state index in [9.17, 15) is 5.11 Å². The maximum Gasteiger partial charge on any atom is 0.0723 e. The smallest absolute Gasteiger partial charge is 0.0723 e. The number of rotatable bonds is 2. The number of β-amino-alcohol motifs (C(OH)–C–C–N with tert-alkyl or cyclic N) is 1. The summed E-state index contributed by atoms with van der Waals surface area (Å²) in [5.74, 6) is 0. The summed E-state index contributed by atoms with van der Waals surface area (Å²) in [5.41, 5.74) is 2.29. The van der Waals surface area contributed by atoms with Crippen LogP contribution >= 0.6 is 15.9 Å². The molecule has 1 heterocycles. The monoisotopic (exact) mass is 270 g/mol. The summed E-state index contributed by atoms with van der Waals surface area (Å²) in [6, 6.07) is 6.12. The van der Waals surface area contributed by atoms with Gasteiger partial charge in [-0.05, 0) is 35.0 Å². The first-order valence-corrected chi connectivity index (χ1v) is 5.93. The van der Waals surface area contributed by atoms with E-state index in [0.29, 0.717) is 6.54 Å². The number of aliphatic hydroxyl groups is 1. The molecular weight excluding hydrogens is 256 g/mol. The van der Waals surface area contributed by atoms with Gasteiger partial charge in [-0.2, -0.15) is 0 Å². The van der Waals surface area contributed by atoms with Crippen LogP contribution in [-0.2, 0) is 0 Å². The van der Waals surface area contributed by atoms with Gasteiger partial charge in [0.05, 0.1) is 17.5 Å². The summed E-state index contributed by atoms with van der Waals surface area (Å²) in [4.78, 5) is 2.21. The van der Waals surface area contributed by atoms with Crippen LogP contribution in [0, 0.1) is 0 Å². The van der Waals surface area contributed by atoms with E-state index in [1.807, 2.05) is 19.1 Å². The van der Waals surface area contributed by atoms with Gasteiger partial charge in [0.15, 0.2) is 0 Å².